The second kappa shape index (κ2) is 12.3. The van der Waals surface area contributed by atoms with E-state index in [4.69, 9.17) is 14.9 Å². The first-order valence-corrected chi connectivity index (χ1v) is 12.5. The van der Waals surface area contributed by atoms with E-state index in [1.54, 1.807) is 31.2 Å². The van der Waals surface area contributed by atoms with Gasteiger partial charge >= 0.3 is 5.97 Å². The fourth-order valence-corrected chi connectivity index (χ4v) is 4.18. The number of carbonyl (C=O) groups is 1. The van der Waals surface area contributed by atoms with Crippen molar-refractivity contribution in [1.29, 1.82) is 0 Å². The molecule has 2 N–H and O–H groups in total. The maximum atomic E-state index is 13.6. The maximum Gasteiger partial charge on any atom is 0.303 e. The lowest BCUT2D eigenvalue weighted by Gasteiger charge is -2.24. The third-order valence-corrected chi connectivity index (χ3v) is 6.26. The molecule has 0 bridgehead atoms. The highest BCUT2D eigenvalue weighted by Gasteiger charge is 2.21. The number of halogens is 2. The number of amidine groups is 1. The van der Waals surface area contributed by atoms with E-state index in [9.17, 15) is 18.4 Å². The van der Waals surface area contributed by atoms with Crippen molar-refractivity contribution in [2.45, 2.75) is 38.6 Å². The van der Waals surface area contributed by atoms with E-state index in [0.29, 0.717) is 47.5 Å². The second-order valence-corrected chi connectivity index (χ2v) is 8.98. The van der Waals surface area contributed by atoms with Gasteiger partial charge in [0.1, 0.15) is 24.1 Å². The normalized spacial score (nSPS) is 15.9. The SMILES string of the molecule is C=c1c(=O)n(-c2ccc(F)cc2)c(CCCCC(=O)O)n/c1=C/C(=C\C)C1=NOC[C@H](c2ccc(F)cc2)N1. The van der Waals surface area contributed by atoms with Gasteiger partial charge in [-0.1, -0.05) is 29.9 Å². The Morgan fingerprint density at radius 3 is 2.46 bits per heavy atom. The summed E-state index contributed by atoms with van der Waals surface area (Å²) < 4.78 is 28.3. The molecule has 0 amide bonds. The quantitative estimate of drug-likeness (QED) is 0.409. The molecule has 4 rings (SSSR count). The van der Waals surface area contributed by atoms with Gasteiger partial charge in [0.15, 0.2) is 5.84 Å². The number of unbranched alkanes of at least 4 members (excludes halogenated alkanes) is 1. The smallest absolute Gasteiger partial charge is 0.303 e. The van der Waals surface area contributed by atoms with Crippen LogP contribution in [-0.4, -0.2) is 33.1 Å². The summed E-state index contributed by atoms with van der Waals surface area (Å²) >= 11 is 0. The summed E-state index contributed by atoms with van der Waals surface area (Å²) in [4.78, 5) is 34.6. The van der Waals surface area contributed by atoms with Gasteiger partial charge in [-0.2, -0.15) is 0 Å². The van der Waals surface area contributed by atoms with Gasteiger partial charge in [-0.25, -0.2) is 13.8 Å². The zero-order valence-electron chi connectivity index (χ0n) is 21.4. The largest absolute Gasteiger partial charge is 0.481 e. The van der Waals surface area contributed by atoms with Crippen LogP contribution in [0, 0.1) is 11.6 Å². The van der Waals surface area contributed by atoms with E-state index in [2.05, 4.69) is 17.1 Å². The number of nitrogens with zero attached hydrogens (tertiary/aromatic N) is 3. The van der Waals surface area contributed by atoms with Crippen molar-refractivity contribution in [3.8, 4) is 5.69 Å². The van der Waals surface area contributed by atoms with Crippen LogP contribution in [0.4, 0.5) is 8.78 Å². The molecule has 0 aliphatic carbocycles. The number of rotatable bonds is 9. The highest BCUT2D eigenvalue weighted by molar-refractivity contribution is 6.05. The number of hydrogen-bond acceptors (Lipinski definition) is 6. The number of aliphatic carboxylic acids is 1. The van der Waals surface area contributed by atoms with Crippen molar-refractivity contribution >= 4 is 24.5 Å². The topological polar surface area (TPSA) is 106 Å². The van der Waals surface area contributed by atoms with Crippen LogP contribution in [0.25, 0.3) is 18.3 Å². The van der Waals surface area contributed by atoms with Gasteiger partial charge in [-0.05, 0) is 67.8 Å². The molecule has 2 heterocycles. The number of aromatic nitrogens is 2. The molecule has 3 aromatic rings. The fraction of sp³-hybridized carbons (Fsp3) is 0.241. The molecule has 10 heteroatoms. The molecule has 202 valence electrons. The van der Waals surface area contributed by atoms with Gasteiger partial charge in [0.2, 0.25) is 0 Å². The van der Waals surface area contributed by atoms with Crippen molar-refractivity contribution in [1.82, 2.24) is 14.9 Å². The number of nitrogens with one attached hydrogen (secondary N) is 1. The van der Waals surface area contributed by atoms with E-state index >= 15 is 0 Å². The molecule has 39 heavy (non-hydrogen) atoms. The first-order valence-electron chi connectivity index (χ1n) is 12.5. The van der Waals surface area contributed by atoms with Gasteiger partial charge in [0, 0.05) is 18.4 Å². The van der Waals surface area contributed by atoms with E-state index in [-0.39, 0.29) is 30.1 Å². The van der Waals surface area contributed by atoms with Gasteiger partial charge in [0.25, 0.3) is 5.56 Å². The highest BCUT2D eigenvalue weighted by atomic mass is 19.1. The van der Waals surface area contributed by atoms with Gasteiger partial charge in [-0.15, -0.1) is 0 Å². The van der Waals surface area contributed by atoms with E-state index in [1.165, 1.54) is 41.0 Å². The minimum Gasteiger partial charge on any atom is -0.481 e. The average molecular weight is 535 g/mol. The molecular weight excluding hydrogens is 506 g/mol. The van der Waals surface area contributed by atoms with Crippen LogP contribution in [0.2, 0.25) is 0 Å². The second-order valence-electron chi connectivity index (χ2n) is 8.98. The molecular formula is C29H28F2N4O4. The van der Waals surface area contributed by atoms with Crippen molar-refractivity contribution in [3.63, 3.8) is 0 Å². The summed E-state index contributed by atoms with van der Waals surface area (Å²) in [6.07, 6.45) is 4.65. The summed E-state index contributed by atoms with van der Waals surface area (Å²) in [5.41, 5.74) is 1.42. The number of aryl methyl sites for hydroxylation is 1. The monoisotopic (exact) mass is 534 g/mol. The van der Waals surface area contributed by atoms with E-state index in [1.807, 2.05) is 0 Å². The lowest BCUT2D eigenvalue weighted by Crippen LogP contribution is -2.47. The zero-order valence-corrected chi connectivity index (χ0v) is 21.4. The van der Waals surface area contributed by atoms with Gasteiger partial charge in [0.05, 0.1) is 22.3 Å². The third kappa shape index (κ3) is 6.64. The molecule has 2 aromatic carbocycles. The summed E-state index contributed by atoms with van der Waals surface area (Å²) in [5.74, 6) is -0.882. The predicted octanol–water partition coefficient (Wildman–Crippen LogP) is 3.12. The molecule has 0 unspecified atom stereocenters. The summed E-state index contributed by atoms with van der Waals surface area (Å²) in [6.45, 7) is 6.00. The van der Waals surface area contributed by atoms with Crippen molar-refractivity contribution in [3.05, 3.63) is 104 Å². The summed E-state index contributed by atoms with van der Waals surface area (Å²) in [6, 6.07) is 11.3. The van der Waals surface area contributed by atoms with Crippen molar-refractivity contribution < 1.29 is 23.5 Å². The predicted molar refractivity (Wildman–Crippen MR) is 144 cm³/mol. The third-order valence-electron chi connectivity index (χ3n) is 6.26. The zero-order chi connectivity index (χ0) is 27.9. The fourth-order valence-electron chi connectivity index (χ4n) is 4.18. The van der Waals surface area contributed by atoms with Crippen molar-refractivity contribution in [2.75, 3.05) is 6.61 Å². The molecule has 8 nitrogen and oxygen atoms in total. The Morgan fingerprint density at radius 2 is 1.82 bits per heavy atom. The first kappa shape index (κ1) is 27.4. The Hall–Kier alpha value is -4.60. The molecule has 0 radical (unpaired) electrons. The number of benzene rings is 2. The minimum absolute atomic E-state index is 0.00336. The van der Waals surface area contributed by atoms with Crippen LogP contribution in [0.5, 0.6) is 0 Å². The average Bonchev–Trinajstić information content (AvgIpc) is 2.93. The van der Waals surface area contributed by atoms with E-state index in [0.717, 1.165) is 5.56 Å². The number of oxime groups is 1. The number of hydrogen-bond donors (Lipinski definition) is 2. The first-order chi connectivity index (χ1) is 18.8. The highest BCUT2D eigenvalue weighted by Crippen LogP contribution is 2.19. The van der Waals surface area contributed by atoms with Gasteiger partial charge in [-0.3, -0.25) is 14.2 Å². The molecule has 1 aromatic heterocycles. The van der Waals surface area contributed by atoms with Crippen LogP contribution < -0.4 is 21.4 Å². The van der Waals surface area contributed by atoms with Crippen LogP contribution in [0.3, 0.4) is 0 Å². The molecule has 0 saturated carbocycles. The Bertz CT molecular complexity index is 1580. The molecule has 0 saturated heterocycles. The Morgan fingerprint density at radius 1 is 1.15 bits per heavy atom. The minimum atomic E-state index is -0.902. The van der Waals surface area contributed by atoms with Crippen LogP contribution >= 0.6 is 0 Å². The number of allylic oxidation sites excluding steroid dienone is 1. The molecule has 1 aliphatic rings. The Kier molecular flexibility index (Phi) is 8.65. The lowest BCUT2D eigenvalue weighted by atomic mass is 10.1. The Balaban J connectivity index is 1.72. The van der Waals surface area contributed by atoms with Crippen LogP contribution in [0.15, 0.2) is 70.1 Å². The standard InChI is InChI=1S/C29H28F2N4O4/c1-3-19(28-33-25(17-39-34-28)20-8-10-21(30)11-9-20)16-24-18(2)29(38)35(23-14-12-22(31)13-15-23)26(32-24)6-4-5-7-27(36)37/h3,8-16,25H,2,4-7,17H2,1H3,(H,33,34)(H,36,37)/b19-3+,24-16+/t25-/m1/s1. The molecule has 0 spiro atoms. The number of carboxylic acids is 1. The maximum absolute atomic E-state index is 13.6. The summed E-state index contributed by atoms with van der Waals surface area (Å²) in [5, 5.41) is 16.8. The van der Waals surface area contributed by atoms with Crippen LogP contribution in [-0.2, 0) is 16.1 Å². The lowest BCUT2D eigenvalue weighted by molar-refractivity contribution is -0.137. The van der Waals surface area contributed by atoms with Gasteiger partial charge < -0.3 is 15.3 Å². The molecule has 0 fully saturated rings. The van der Waals surface area contributed by atoms with E-state index < -0.39 is 17.3 Å². The summed E-state index contributed by atoms with van der Waals surface area (Å²) in [7, 11) is 0. The van der Waals surface area contributed by atoms with Crippen molar-refractivity contribution in [2.24, 2.45) is 5.16 Å². The molecule has 1 atom stereocenters. The van der Waals surface area contributed by atoms with Crippen LogP contribution in [0.1, 0.15) is 43.6 Å². The Labute approximate surface area is 223 Å². The molecule has 1 aliphatic heterocycles. The number of carboxylic acid groups (broad SMARTS) is 1.